The van der Waals surface area contributed by atoms with Crippen molar-refractivity contribution in [2.75, 3.05) is 26.7 Å². The lowest BCUT2D eigenvalue weighted by atomic mass is 10.2. The SMILES string of the molecule is CN=C(NCCCOCc1ccco1)NCC(=O)NCc1ccccc1. The summed E-state index contributed by atoms with van der Waals surface area (Å²) in [6.45, 7) is 2.47. The minimum Gasteiger partial charge on any atom is -0.467 e. The van der Waals surface area contributed by atoms with Gasteiger partial charge in [-0.2, -0.15) is 0 Å². The van der Waals surface area contributed by atoms with E-state index in [4.69, 9.17) is 9.15 Å². The Kier molecular flexibility index (Phi) is 8.79. The maximum Gasteiger partial charge on any atom is 0.239 e. The summed E-state index contributed by atoms with van der Waals surface area (Å²) in [6, 6.07) is 13.5. The molecule has 140 valence electrons. The van der Waals surface area contributed by atoms with Crippen LogP contribution in [-0.2, 0) is 22.7 Å². The molecule has 0 saturated carbocycles. The molecular formula is C19H26N4O3. The standard InChI is InChI=1S/C19H26N4O3/c1-20-19(21-10-6-11-25-15-17-9-5-12-26-17)23-14-18(24)22-13-16-7-3-2-4-8-16/h2-5,7-9,12H,6,10-11,13-15H2,1H3,(H,22,24)(H2,20,21,23). The first-order valence-electron chi connectivity index (χ1n) is 8.63. The molecule has 0 radical (unpaired) electrons. The van der Waals surface area contributed by atoms with Crippen LogP contribution in [0.3, 0.4) is 0 Å². The molecule has 2 aromatic rings. The summed E-state index contributed by atoms with van der Waals surface area (Å²) in [5, 5.41) is 9.00. The topological polar surface area (TPSA) is 87.9 Å². The molecule has 7 heteroatoms. The highest BCUT2D eigenvalue weighted by atomic mass is 16.5. The van der Waals surface area contributed by atoms with E-state index in [1.807, 2.05) is 42.5 Å². The number of guanidine groups is 1. The van der Waals surface area contributed by atoms with E-state index in [1.54, 1.807) is 13.3 Å². The Morgan fingerprint density at radius 1 is 1.12 bits per heavy atom. The summed E-state index contributed by atoms with van der Waals surface area (Å²) in [4.78, 5) is 16.0. The molecule has 0 aliphatic heterocycles. The van der Waals surface area contributed by atoms with Gasteiger partial charge < -0.3 is 25.1 Å². The number of rotatable bonds is 10. The summed E-state index contributed by atoms with van der Waals surface area (Å²) < 4.78 is 10.7. The van der Waals surface area contributed by atoms with Crippen molar-refractivity contribution >= 4 is 11.9 Å². The van der Waals surface area contributed by atoms with Gasteiger partial charge in [-0.15, -0.1) is 0 Å². The number of amides is 1. The number of benzene rings is 1. The van der Waals surface area contributed by atoms with Crippen molar-refractivity contribution in [2.24, 2.45) is 4.99 Å². The van der Waals surface area contributed by atoms with Gasteiger partial charge in [-0.05, 0) is 24.1 Å². The normalized spacial score (nSPS) is 11.2. The number of aliphatic imine (C=N–C) groups is 1. The quantitative estimate of drug-likeness (QED) is 0.342. The third-order valence-electron chi connectivity index (χ3n) is 3.55. The average Bonchev–Trinajstić information content (AvgIpc) is 3.19. The molecule has 1 aromatic heterocycles. The third kappa shape index (κ3) is 7.85. The van der Waals surface area contributed by atoms with E-state index in [0.717, 1.165) is 17.7 Å². The van der Waals surface area contributed by atoms with E-state index >= 15 is 0 Å². The molecular weight excluding hydrogens is 332 g/mol. The first-order chi connectivity index (χ1) is 12.8. The molecule has 7 nitrogen and oxygen atoms in total. The second-order valence-corrected chi connectivity index (χ2v) is 5.60. The fourth-order valence-electron chi connectivity index (χ4n) is 2.19. The maximum atomic E-state index is 11.9. The fourth-order valence-corrected chi connectivity index (χ4v) is 2.19. The van der Waals surface area contributed by atoms with Gasteiger partial charge in [-0.1, -0.05) is 30.3 Å². The summed E-state index contributed by atoms with van der Waals surface area (Å²) >= 11 is 0. The number of ether oxygens (including phenoxy) is 1. The van der Waals surface area contributed by atoms with Gasteiger partial charge in [0, 0.05) is 26.7 Å². The Balaban J connectivity index is 1.52. The maximum absolute atomic E-state index is 11.9. The Bertz CT molecular complexity index is 657. The van der Waals surface area contributed by atoms with E-state index in [0.29, 0.717) is 32.3 Å². The fraction of sp³-hybridized carbons (Fsp3) is 0.368. The second-order valence-electron chi connectivity index (χ2n) is 5.60. The molecule has 0 fully saturated rings. The zero-order chi connectivity index (χ0) is 18.5. The van der Waals surface area contributed by atoms with Gasteiger partial charge in [0.25, 0.3) is 0 Å². The summed E-state index contributed by atoms with van der Waals surface area (Å²) in [5.41, 5.74) is 1.07. The van der Waals surface area contributed by atoms with E-state index in [2.05, 4.69) is 20.9 Å². The van der Waals surface area contributed by atoms with E-state index < -0.39 is 0 Å². The first kappa shape index (κ1) is 19.5. The van der Waals surface area contributed by atoms with Gasteiger partial charge in [0.1, 0.15) is 12.4 Å². The molecule has 0 unspecified atom stereocenters. The Morgan fingerprint density at radius 3 is 2.69 bits per heavy atom. The van der Waals surface area contributed by atoms with Crippen molar-refractivity contribution in [2.45, 2.75) is 19.6 Å². The lowest BCUT2D eigenvalue weighted by molar-refractivity contribution is -0.120. The van der Waals surface area contributed by atoms with Crippen LogP contribution in [0.1, 0.15) is 17.7 Å². The number of hydrogen-bond acceptors (Lipinski definition) is 4. The molecule has 0 aliphatic carbocycles. The van der Waals surface area contributed by atoms with Crippen molar-refractivity contribution < 1.29 is 13.9 Å². The zero-order valence-electron chi connectivity index (χ0n) is 15.0. The summed E-state index contributed by atoms with van der Waals surface area (Å²) in [7, 11) is 1.67. The van der Waals surface area contributed by atoms with Crippen LogP contribution in [0, 0.1) is 0 Å². The van der Waals surface area contributed by atoms with Crippen LogP contribution in [0.25, 0.3) is 0 Å². The van der Waals surface area contributed by atoms with Gasteiger partial charge in [-0.25, -0.2) is 0 Å². The molecule has 3 N–H and O–H groups in total. The predicted octanol–water partition coefficient (Wildman–Crippen LogP) is 1.67. The van der Waals surface area contributed by atoms with Crippen LogP contribution < -0.4 is 16.0 Å². The van der Waals surface area contributed by atoms with Crippen LogP contribution in [0.2, 0.25) is 0 Å². The Labute approximate surface area is 153 Å². The number of carbonyl (C=O) groups is 1. The van der Waals surface area contributed by atoms with Gasteiger partial charge >= 0.3 is 0 Å². The second kappa shape index (κ2) is 11.7. The van der Waals surface area contributed by atoms with E-state index in [9.17, 15) is 4.79 Å². The number of hydrogen-bond donors (Lipinski definition) is 3. The van der Waals surface area contributed by atoms with Crippen LogP contribution in [0.15, 0.2) is 58.1 Å². The molecule has 1 heterocycles. The van der Waals surface area contributed by atoms with Crippen LogP contribution in [0.5, 0.6) is 0 Å². The highest BCUT2D eigenvalue weighted by molar-refractivity contribution is 5.86. The molecule has 2 rings (SSSR count). The largest absolute Gasteiger partial charge is 0.467 e. The van der Waals surface area contributed by atoms with Crippen molar-refractivity contribution in [1.82, 2.24) is 16.0 Å². The molecule has 1 amide bonds. The summed E-state index contributed by atoms with van der Waals surface area (Å²) in [5.74, 6) is 1.32. The van der Waals surface area contributed by atoms with Crippen molar-refractivity contribution in [3.8, 4) is 0 Å². The smallest absolute Gasteiger partial charge is 0.239 e. The van der Waals surface area contributed by atoms with Crippen LogP contribution in [0.4, 0.5) is 0 Å². The van der Waals surface area contributed by atoms with Gasteiger partial charge in [-0.3, -0.25) is 9.79 Å². The molecule has 0 saturated heterocycles. The Hall–Kier alpha value is -2.80. The van der Waals surface area contributed by atoms with Crippen LogP contribution >= 0.6 is 0 Å². The number of nitrogens with zero attached hydrogens (tertiary/aromatic N) is 1. The zero-order valence-corrected chi connectivity index (χ0v) is 15.0. The summed E-state index contributed by atoms with van der Waals surface area (Å²) in [6.07, 6.45) is 2.45. The first-order valence-corrected chi connectivity index (χ1v) is 8.63. The average molecular weight is 358 g/mol. The third-order valence-corrected chi connectivity index (χ3v) is 3.55. The molecule has 0 bridgehead atoms. The highest BCUT2D eigenvalue weighted by Crippen LogP contribution is 2.01. The molecule has 0 aliphatic rings. The molecule has 0 spiro atoms. The van der Waals surface area contributed by atoms with Crippen molar-refractivity contribution in [1.29, 1.82) is 0 Å². The van der Waals surface area contributed by atoms with Crippen molar-refractivity contribution in [3.63, 3.8) is 0 Å². The molecule has 26 heavy (non-hydrogen) atoms. The van der Waals surface area contributed by atoms with E-state index in [1.165, 1.54) is 0 Å². The van der Waals surface area contributed by atoms with Crippen molar-refractivity contribution in [3.05, 3.63) is 60.1 Å². The predicted molar refractivity (Wildman–Crippen MR) is 101 cm³/mol. The highest BCUT2D eigenvalue weighted by Gasteiger charge is 2.03. The monoisotopic (exact) mass is 358 g/mol. The minimum absolute atomic E-state index is 0.0846. The van der Waals surface area contributed by atoms with Gasteiger partial charge in [0.05, 0.1) is 12.8 Å². The lowest BCUT2D eigenvalue weighted by Crippen LogP contribution is -2.43. The van der Waals surface area contributed by atoms with E-state index in [-0.39, 0.29) is 12.5 Å². The van der Waals surface area contributed by atoms with Gasteiger partial charge in [0.2, 0.25) is 5.91 Å². The molecule has 1 aromatic carbocycles. The number of carbonyl (C=O) groups excluding carboxylic acids is 1. The van der Waals surface area contributed by atoms with Crippen LogP contribution in [-0.4, -0.2) is 38.6 Å². The number of furan rings is 1. The van der Waals surface area contributed by atoms with Gasteiger partial charge in [0.15, 0.2) is 5.96 Å². The minimum atomic E-state index is -0.0846. The number of nitrogens with one attached hydrogen (secondary N) is 3. The Morgan fingerprint density at radius 2 is 1.96 bits per heavy atom. The molecule has 0 atom stereocenters. The lowest BCUT2D eigenvalue weighted by Gasteiger charge is -2.12.